The molecule has 1 rings (SSSR count). The summed E-state index contributed by atoms with van der Waals surface area (Å²) in [4.78, 5) is 0. The second kappa shape index (κ2) is 2.63. The van der Waals surface area contributed by atoms with Crippen LogP contribution in [0.1, 0.15) is 13.3 Å². The van der Waals surface area contributed by atoms with Crippen LogP contribution in [-0.4, -0.2) is 5.25 Å². The minimum atomic E-state index is 0.664. The maximum Gasteiger partial charge on any atom is 0.0839 e. The molecule has 3 heteroatoms. The Hall–Kier alpha value is 0.860. The lowest BCUT2D eigenvalue weighted by molar-refractivity contribution is 0.994. The summed E-state index contributed by atoms with van der Waals surface area (Å²) in [7, 11) is 0. The fourth-order valence-corrected chi connectivity index (χ4v) is 2.94. The van der Waals surface area contributed by atoms with Crippen molar-refractivity contribution in [3.63, 3.8) is 0 Å². The number of rotatable bonds is 0. The van der Waals surface area contributed by atoms with Crippen molar-refractivity contribution in [1.82, 2.24) is 0 Å². The van der Waals surface area contributed by atoms with Crippen LogP contribution in [0.5, 0.6) is 0 Å². The van der Waals surface area contributed by atoms with Crippen LogP contribution in [0.4, 0.5) is 0 Å². The predicted octanol–water partition coefficient (Wildman–Crippen LogP) is 3.31. The number of hydrogen-bond acceptors (Lipinski definition) is 1. The average molecular weight is 214 g/mol. The van der Waals surface area contributed by atoms with E-state index in [0.29, 0.717) is 5.25 Å². The van der Waals surface area contributed by atoms with Crippen LogP contribution in [0.25, 0.3) is 0 Å². The van der Waals surface area contributed by atoms with Crippen LogP contribution in [0.3, 0.4) is 0 Å². The van der Waals surface area contributed by atoms with Crippen LogP contribution in [0.15, 0.2) is 8.85 Å². The third-order valence-electron chi connectivity index (χ3n) is 0.985. The molecule has 0 aromatic rings. The molecule has 1 aliphatic rings. The summed E-state index contributed by atoms with van der Waals surface area (Å²) in [6, 6.07) is 0. The average Bonchev–Trinajstić information content (AvgIpc) is 1.85. The second-order valence-electron chi connectivity index (χ2n) is 1.81. The van der Waals surface area contributed by atoms with Crippen molar-refractivity contribution in [2.45, 2.75) is 18.6 Å². The van der Waals surface area contributed by atoms with Gasteiger partial charge in [0.1, 0.15) is 0 Å². The summed E-state index contributed by atoms with van der Waals surface area (Å²) in [5.74, 6) is 0. The summed E-state index contributed by atoms with van der Waals surface area (Å²) >= 11 is 10.9. The zero-order valence-electron chi connectivity index (χ0n) is 4.45. The van der Waals surface area contributed by atoms with Crippen LogP contribution in [-0.2, 0) is 0 Å². The lowest BCUT2D eigenvalue weighted by Crippen LogP contribution is -1.84. The van der Waals surface area contributed by atoms with Gasteiger partial charge in [0.2, 0.25) is 0 Å². The van der Waals surface area contributed by atoms with Gasteiger partial charge in [-0.3, -0.25) is 0 Å². The molecule has 0 aromatic carbocycles. The molecule has 0 aromatic heterocycles. The molecule has 0 bridgehead atoms. The first-order chi connectivity index (χ1) is 3.70. The van der Waals surface area contributed by atoms with Crippen molar-refractivity contribution in [2.24, 2.45) is 0 Å². The van der Waals surface area contributed by atoms with E-state index < -0.39 is 0 Å². The Bertz CT molecular complexity index is 118. The zero-order chi connectivity index (χ0) is 6.15. The minimum Gasteiger partial charge on any atom is -0.110 e. The molecule has 0 N–H and O–H groups in total. The topological polar surface area (TPSA) is 0 Å². The number of allylic oxidation sites excluding steroid dienone is 1. The first-order valence-corrected chi connectivity index (χ1v) is 4.46. The first kappa shape index (κ1) is 6.97. The molecule has 0 nitrogen and oxygen atoms in total. The summed E-state index contributed by atoms with van der Waals surface area (Å²) < 4.78 is 2.09. The van der Waals surface area contributed by atoms with Crippen LogP contribution < -0.4 is 0 Å². The maximum absolute atomic E-state index is 5.75. The normalized spacial score (nSPS) is 29.6. The van der Waals surface area contributed by atoms with E-state index in [0.717, 1.165) is 15.3 Å². The molecule has 0 saturated carbocycles. The number of hydrogen-bond donors (Lipinski definition) is 0. The van der Waals surface area contributed by atoms with Crippen molar-refractivity contribution in [2.75, 3.05) is 0 Å². The van der Waals surface area contributed by atoms with Gasteiger partial charge < -0.3 is 0 Å². The summed E-state index contributed by atoms with van der Waals surface area (Å²) in [6.45, 7) is 2.17. The van der Waals surface area contributed by atoms with Gasteiger partial charge in [0.05, 0.1) is 4.36 Å². The van der Waals surface area contributed by atoms with E-state index in [1.165, 1.54) is 0 Å². The smallest absolute Gasteiger partial charge is 0.0839 e. The maximum atomic E-state index is 5.75. The van der Waals surface area contributed by atoms with Crippen LogP contribution >= 0.6 is 39.3 Å². The van der Waals surface area contributed by atoms with E-state index in [1.807, 2.05) is 0 Å². The Balaban J connectivity index is 2.60. The molecule has 0 fully saturated rings. The SMILES string of the molecule is CC1CC(Br)=C(Cl)S1. The molecule has 0 amide bonds. The molecule has 1 aliphatic heterocycles. The lowest BCUT2D eigenvalue weighted by atomic mass is 10.3. The standard InChI is InChI=1S/C5H6BrClS/c1-3-2-4(6)5(7)8-3/h3H,2H2,1H3. The molecule has 46 valence electrons. The fraction of sp³-hybridized carbons (Fsp3) is 0.600. The molecule has 1 heterocycles. The van der Waals surface area contributed by atoms with E-state index in [-0.39, 0.29) is 0 Å². The van der Waals surface area contributed by atoms with Crippen molar-refractivity contribution in [3.8, 4) is 0 Å². The Labute approximate surface area is 66.8 Å². The van der Waals surface area contributed by atoms with E-state index in [2.05, 4.69) is 22.9 Å². The fourth-order valence-electron chi connectivity index (χ4n) is 0.615. The molecule has 0 spiro atoms. The minimum absolute atomic E-state index is 0.664. The second-order valence-corrected chi connectivity index (χ2v) is 4.82. The zero-order valence-corrected chi connectivity index (χ0v) is 7.61. The van der Waals surface area contributed by atoms with E-state index in [9.17, 15) is 0 Å². The Morgan fingerprint density at radius 1 is 1.88 bits per heavy atom. The number of thioether (sulfide) groups is 1. The summed E-state index contributed by atoms with van der Waals surface area (Å²) in [5.41, 5.74) is 0. The van der Waals surface area contributed by atoms with Crippen LogP contribution in [0.2, 0.25) is 0 Å². The van der Waals surface area contributed by atoms with Crippen molar-refractivity contribution in [1.29, 1.82) is 0 Å². The first-order valence-electron chi connectivity index (χ1n) is 2.41. The predicted molar refractivity (Wildman–Crippen MR) is 43.5 cm³/mol. The van der Waals surface area contributed by atoms with E-state index >= 15 is 0 Å². The monoisotopic (exact) mass is 212 g/mol. The van der Waals surface area contributed by atoms with Gasteiger partial charge in [0.25, 0.3) is 0 Å². The third kappa shape index (κ3) is 1.42. The highest BCUT2D eigenvalue weighted by molar-refractivity contribution is 9.11. The molecular weight excluding hydrogens is 207 g/mol. The molecule has 8 heavy (non-hydrogen) atoms. The van der Waals surface area contributed by atoms with Gasteiger partial charge in [-0.2, -0.15) is 0 Å². The van der Waals surface area contributed by atoms with Gasteiger partial charge in [-0.1, -0.05) is 34.5 Å². The van der Waals surface area contributed by atoms with Gasteiger partial charge in [0.15, 0.2) is 0 Å². The molecule has 1 atom stereocenters. The largest absolute Gasteiger partial charge is 0.110 e. The molecule has 0 radical (unpaired) electrons. The van der Waals surface area contributed by atoms with Gasteiger partial charge in [0, 0.05) is 9.73 Å². The Kier molecular flexibility index (Phi) is 2.29. The molecule has 0 saturated heterocycles. The van der Waals surface area contributed by atoms with Crippen molar-refractivity contribution < 1.29 is 0 Å². The quantitative estimate of drug-likeness (QED) is 0.595. The third-order valence-corrected chi connectivity index (χ3v) is 3.71. The molecular formula is C5H6BrClS. The van der Waals surface area contributed by atoms with Gasteiger partial charge in [-0.05, 0) is 6.42 Å². The molecule has 0 aliphatic carbocycles. The van der Waals surface area contributed by atoms with Gasteiger partial charge in [-0.25, -0.2) is 0 Å². The van der Waals surface area contributed by atoms with E-state index in [1.54, 1.807) is 11.8 Å². The van der Waals surface area contributed by atoms with Gasteiger partial charge >= 0.3 is 0 Å². The van der Waals surface area contributed by atoms with Crippen molar-refractivity contribution in [3.05, 3.63) is 8.85 Å². The Morgan fingerprint density at radius 3 is 2.62 bits per heavy atom. The van der Waals surface area contributed by atoms with E-state index in [4.69, 9.17) is 11.6 Å². The summed E-state index contributed by atoms with van der Waals surface area (Å²) in [5, 5.41) is 0.664. The van der Waals surface area contributed by atoms with Gasteiger partial charge in [-0.15, -0.1) is 11.8 Å². The Morgan fingerprint density at radius 2 is 2.50 bits per heavy atom. The lowest BCUT2D eigenvalue weighted by Gasteiger charge is -1.93. The van der Waals surface area contributed by atoms with Crippen molar-refractivity contribution >= 4 is 39.3 Å². The number of halogens is 2. The molecule has 1 unspecified atom stereocenters. The van der Waals surface area contributed by atoms with Crippen LogP contribution in [0, 0.1) is 0 Å². The highest BCUT2D eigenvalue weighted by Crippen LogP contribution is 2.42. The summed E-state index contributed by atoms with van der Waals surface area (Å²) in [6.07, 6.45) is 1.09. The highest BCUT2D eigenvalue weighted by Gasteiger charge is 2.17. The highest BCUT2D eigenvalue weighted by atomic mass is 79.9.